The molecule has 24 heavy (non-hydrogen) atoms. The first-order valence-corrected chi connectivity index (χ1v) is 9.28. The zero-order valence-electron chi connectivity index (χ0n) is 14.1. The Bertz CT molecular complexity index is 868. The molecular formula is C18H22N4OS. The van der Waals surface area contributed by atoms with Gasteiger partial charge >= 0.3 is 0 Å². The lowest BCUT2D eigenvalue weighted by Crippen LogP contribution is -2.16. The molecule has 0 bridgehead atoms. The molecule has 0 saturated heterocycles. The molecule has 0 aromatic carbocycles. The second-order valence-corrected chi connectivity index (χ2v) is 7.07. The Kier molecular flexibility index (Phi) is 5.12. The fraction of sp³-hybridized carbons (Fsp3) is 0.500. The van der Waals surface area contributed by atoms with Crippen LogP contribution in [0.3, 0.4) is 0 Å². The number of aromatic nitrogens is 3. The van der Waals surface area contributed by atoms with Gasteiger partial charge in [0.05, 0.1) is 28.0 Å². The number of hydrogen-bond donors (Lipinski definition) is 1. The number of nitriles is 1. The van der Waals surface area contributed by atoms with E-state index >= 15 is 0 Å². The molecule has 4 rings (SSSR count). The summed E-state index contributed by atoms with van der Waals surface area (Å²) < 4.78 is 3.50. The van der Waals surface area contributed by atoms with E-state index < -0.39 is 6.10 Å². The molecule has 1 atom stereocenters. The van der Waals surface area contributed by atoms with E-state index in [2.05, 4.69) is 26.0 Å². The standard InChI is InChI=1S/C16H19N3OS.C2H3N/c1-10(20)16-18-13-9-17-12-7-8-21-15(12)14(13)19(16)11-5-3-2-4-6-11;1-2-3/h7-11,20H,2-6H2,1H3;1H3. The molecule has 1 aliphatic rings. The average molecular weight is 342 g/mol. The zero-order valence-corrected chi connectivity index (χ0v) is 14.9. The highest BCUT2D eigenvalue weighted by atomic mass is 32.1. The molecule has 0 aliphatic heterocycles. The lowest BCUT2D eigenvalue weighted by atomic mass is 9.95. The molecule has 126 valence electrons. The summed E-state index contributed by atoms with van der Waals surface area (Å²) in [6.07, 6.45) is 7.51. The van der Waals surface area contributed by atoms with Gasteiger partial charge in [-0.25, -0.2) is 4.98 Å². The van der Waals surface area contributed by atoms with Crippen molar-refractivity contribution in [3.63, 3.8) is 0 Å². The summed E-state index contributed by atoms with van der Waals surface area (Å²) in [5.41, 5.74) is 3.10. The van der Waals surface area contributed by atoms with Crippen molar-refractivity contribution in [2.75, 3.05) is 0 Å². The number of fused-ring (bicyclic) bond motifs is 3. The number of hydrogen-bond acceptors (Lipinski definition) is 5. The minimum Gasteiger partial charge on any atom is -0.385 e. The van der Waals surface area contributed by atoms with E-state index in [1.807, 2.05) is 6.20 Å². The number of rotatable bonds is 2. The molecule has 0 spiro atoms. The molecule has 3 aromatic heterocycles. The van der Waals surface area contributed by atoms with Gasteiger partial charge < -0.3 is 9.67 Å². The maximum atomic E-state index is 10.2. The number of thiophene rings is 1. The Morgan fingerprint density at radius 2 is 2.04 bits per heavy atom. The first-order chi connectivity index (χ1) is 11.7. The van der Waals surface area contributed by atoms with Gasteiger partial charge in [-0.3, -0.25) is 4.98 Å². The van der Waals surface area contributed by atoms with Gasteiger partial charge in [-0.15, -0.1) is 11.3 Å². The maximum Gasteiger partial charge on any atom is 0.138 e. The molecule has 3 aromatic rings. The van der Waals surface area contributed by atoms with Crippen molar-refractivity contribution in [3.8, 4) is 6.07 Å². The first kappa shape index (κ1) is 16.9. The maximum absolute atomic E-state index is 10.2. The van der Waals surface area contributed by atoms with Crippen LogP contribution in [0.15, 0.2) is 17.6 Å². The normalized spacial score (nSPS) is 16.6. The van der Waals surface area contributed by atoms with Gasteiger partial charge in [0.1, 0.15) is 17.4 Å². The van der Waals surface area contributed by atoms with Gasteiger partial charge in [-0.2, -0.15) is 5.26 Å². The molecule has 1 unspecified atom stereocenters. The van der Waals surface area contributed by atoms with Crippen molar-refractivity contribution in [2.24, 2.45) is 0 Å². The van der Waals surface area contributed by atoms with E-state index in [0.29, 0.717) is 6.04 Å². The largest absolute Gasteiger partial charge is 0.385 e. The highest BCUT2D eigenvalue weighted by Crippen LogP contribution is 2.37. The van der Waals surface area contributed by atoms with Crippen molar-refractivity contribution in [3.05, 3.63) is 23.5 Å². The summed E-state index contributed by atoms with van der Waals surface area (Å²) in [6, 6.07) is 4.26. The highest BCUT2D eigenvalue weighted by molar-refractivity contribution is 7.18. The molecule has 6 heteroatoms. The third-order valence-electron chi connectivity index (χ3n) is 4.46. The Hall–Kier alpha value is -1.97. The van der Waals surface area contributed by atoms with E-state index in [-0.39, 0.29) is 0 Å². The second-order valence-electron chi connectivity index (χ2n) is 6.16. The molecule has 0 radical (unpaired) electrons. The monoisotopic (exact) mass is 342 g/mol. The summed E-state index contributed by atoms with van der Waals surface area (Å²) in [6.45, 7) is 3.24. The minimum absolute atomic E-state index is 0.459. The second kappa shape index (κ2) is 7.29. The molecule has 1 aliphatic carbocycles. The number of aliphatic hydroxyl groups excluding tert-OH is 1. The summed E-state index contributed by atoms with van der Waals surface area (Å²) in [5.74, 6) is 0.791. The fourth-order valence-corrected chi connectivity index (χ4v) is 4.39. The molecular weight excluding hydrogens is 320 g/mol. The topological polar surface area (TPSA) is 74.7 Å². The summed E-state index contributed by atoms with van der Waals surface area (Å²) in [7, 11) is 0. The van der Waals surface area contributed by atoms with Gasteiger partial charge in [-0.05, 0) is 31.2 Å². The van der Waals surface area contributed by atoms with Crippen LogP contribution < -0.4 is 0 Å². The van der Waals surface area contributed by atoms with Crippen LogP contribution in [0.25, 0.3) is 21.3 Å². The predicted molar refractivity (Wildman–Crippen MR) is 97.0 cm³/mol. The molecule has 1 saturated carbocycles. The summed E-state index contributed by atoms with van der Waals surface area (Å²) in [5, 5.41) is 19.6. The SMILES string of the molecule is CC#N.CC(O)c1nc2cnc3ccsc3c2n1C1CCCCC1. The highest BCUT2D eigenvalue weighted by Gasteiger charge is 2.25. The van der Waals surface area contributed by atoms with E-state index in [1.165, 1.54) is 43.7 Å². The number of pyridine rings is 1. The van der Waals surface area contributed by atoms with Crippen molar-refractivity contribution in [1.29, 1.82) is 5.26 Å². The van der Waals surface area contributed by atoms with Crippen LogP contribution in [0, 0.1) is 11.3 Å². The van der Waals surface area contributed by atoms with Crippen LogP contribution in [-0.2, 0) is 0 Å². The fourth-order valence-electron chi connectivity index (χ4n) is 3.50. The molecule has 5 nitrogen and oxygen atoms in total. The van der Waals surface area contributed by atoms with Crippen LogP contribution in [0.5, 0.6) is 0 Å². The van der Waals surface area contributed by atoms with Crippen molar-refractivity contribution < 1.29 is 5.11 Å². The van der Waals surface area contributed by atoms with Crippen LogP contribution in [0.1, 0.15) is 63.9 Å². The molecule has 0 amide bonds. The first-order valence-electron chi connectivity index (χ1n) is 8.40. The predicted octanol–water partition coefficient (Wildman–Crippen LogP) is 4.73. The number of nitrogens with zero attached hydrogens (tertiary/aromatic N) is 4. The lowest BCUT2D eigenvalue weighted by molar-refractivity contribution is 0.178. The Labute approximate surface area is 145 Å². The Morgan fingerprint density at radius 3 is 2.71 bits per heavy atom. The third-order valence-corrected chi connectivity index (χ3v) is 5.37. The van der Waals surface area contributed by atoms with Crippen LogP contribution in [0.2, 0.25) is 0 Å². The number of aliphatic hydroxyl groups is 1. The van der Waals surface area contributed by atoms with Crippen LogP contribution >= 0.6 is 11.3 Å². The van der Waals surface area contributed by atoms with E-state index in [4.69, 9.17) is 5.26 Å². The van der Waals surface area contributed by atoms with E-state index in [1.54, 1.807) is 24.3 Å². The minimum atomic E-state index is -0.547. The van der Waals surface area contributed by atoms with Crippen LogP contribution in [0.4, 0.5) is 0 Å². The zero-order chi connectivity index (χ0) is 17.1. The molecule has 1 N–H and O–H groups in total. The lowest BCUT2D eigenvalue weighted by Gasteiger charge is -2.26. The van der Waals surface area contributed by atoms with Crippen molar-refractivity contribution >= 4 is 32.6 Å². The van der Waals surface area contributed by atoms with Crippen molar-refractivity contribution in [2.45, 2.75) is 58.1 Å². The van der Waals surface area contributed by atoms with Crippen molar-refractivity contribution in [1.82, 2.24) is 14.5 Å². The van der Waals surface area contributed by atoms with E-state index in [9.17, 15) is 5.11 Å². The number of imidazole rings is 1. The van der Waals surface area contributed by atoms with Gasteiger partial charge in [0.25, 0.3) is 0 Å². The molecule has 3 heterocycles. The smallest absolute Gasteiger partial charge is 0.138 e. The average Bonchev–Trinajstić information content (AvgIpc) is 3.20. The van der Waals surface area contributed by atoms with Gasteiger partial charge in [0.15, 0.2) is 0 Å². The molecule has 1 fully saturated rings. The van der Waals surface area contributed by atoms with Gasteiger partial charge in [0, 0.05) is 13.0 Å². The Balaban J connectivity index is 0.000000526. The van der Waals surface area contributed by atoms with Gasteiger partial charge in [0.2, 0.25) is 0 Å². The van der Waals surface area contributed by atoms with Gasteiger partial charge in [-0.1, -0.05) is 19.3 Å². The van der Waals surface area contributed by atoms with Crippen LogP contribution in [-0.4, -0.2) is 19.6 Å². The quantitative estimate of drug-likeness (QED) is 0.730. The summed E-state index contributed by atoms with van der Waals surface area (Å²) in [4.78, 5) is 9.16. The Morgan fingerprint density at radius 1 is 1.33 bits per heavy atom. The third kappa shape index (κ3) is 3.02. The van der Waals surface area contributed by atoms with E-state index in [0.717, 1.165) is 22.4 Å². The summed E-state index contributed by atoms with van der Waals surface area (Å²) >= 11 is 1.72.